The first-order valence-corrected chi connectivity index (χ1v) is 7.85. The highest BCUT2D eigenvalue weighted by Crippen LogP contribution is 2.26. The lowest BCUT2D eigenvalue weighted by Crippen LogP contribution is -1.96. The van der Waals surface area contributed by atoms with E-state index in [0.717, 1.165) is 5.56 Å². The lowest BCUT2D eigenvalue weighted by atomic mass is 10.2. The quantitative estimate of drug-likeness (QED) is 0.375. The van der Waals surface area contributed by atoms with E-state index in [1.807, 2.05) is 45.2 Å². The third-order valence-corrected chi connectivity index (χ3v) is 4.12. The standard InChI is InChI=1S/C14H9I2NO4/c15-11-4-8(5-12(16)13(11)18)7-17-21-10-3-1-2-9(6-10)14(19)20/h1-7,18H,(H,19,20)/b17-7+. The zero-order valence-electron chi connectivity index (χ0n) is 10.5. The number of carboxylic acid groups (broad SMARTS) is 1. The normalized spacial score (nSPS) is 10.8. The van der Waals surface area contributed by atoms with Crippen molar-refractivity contribution in [2.75, 3.05) is 0 Å². The van der Waals surface area contributed by atoms with Crippen LogP contribution >= 0.6 is 45.2 Å². The Kier molecular flexibility index (Phi) is 5.39. The average Bonchev–Trinajstić information content (AvgIpc) is 2.45. The van der Waals surface area contributed by atoms with Crippen molar-refractivity contribution in [3.05, 3.63) is 54.7 Å². The monoisotopic (exact) mass is 509 g/mol. The molecule has 2 rings (SSSR count). The number of carbonyl (C=O) groups is 1. The van der Waals surface area contributed by atoms with Crippen molar-refractivity contribution in [2.45, 2.75) is 0 Å². The first kappa shape index (κ1) is 16.0. The third kappa shape index (κ3) is 4.30. The largest absolute Gasteiger partial charge is 0.506 e. The van der Waals surface area contributed by atoms with Gasteiger partial charge in [-0.25, -0.2) is 4.79 Å². The summed E-state index contributed by atoms with van der Waals surface area (Å²) >= 11 is 4.06. The van der Waals surface area contributed by atoms with Crippen LogP contribution in [0.4, 0.5) is 0 Å². The minimum Gasteiger partial charge on any atom is -0.506 e. The highest BCUT2D eigenvalue weighted by atomic mass is 127. The molecule has 108 valence electrons. The number of phenols is 1. The Labute approximate surface area is 147 Å². The second kappa shape index (κ2) is 7.07. The molecule has 0 aliphatic rings. The van der Waals surface area contributed by atoms with Crippen LogP contribution in [0, 0.1) is 7.14 Å². The maximum Gasteiger partial charge on any atom is 0.335 e. The molecule has 0 atom stereocenters. The van der Waals surface area contributed by atoms with Gasteiger partial charge in [0, 0.05) is 0 Å². The fourth-order valence-electron chi connectivity index (χ4n) is 1.49. The van der Waals surface area contributed by atoms with Gasteiger partial charge in [-0.2, -0.15) is 0 Å². The van der Waals surface area contributed by atoms with Crippen molar-refractivity contribution < 1.29 is 19.8 Å². The van der Waals surface area contributed by atoms with Crippen LogP contribution in [0.25, 0.3) is 0 Å². The van der Waals surface area contributed by atoms with Crippen LogP contribution in [0.5, 0.6) is 11.5 Å². The molecule has 0 unspecified atom stereocenters. The maximum absolute atomic E-state index is 10.8. The second-order valence-electron chi connectivity index (χ2n) is 3.99. The number of nitrogens with zero attached hydrogens (tertiary/aromatic N) is 1. The van der Waals surface area contributed by atoms with Crippen LogP contribution in [0.2, 0.25) is 0 Å². The van der Waals surface area contributed by atoms with Crippen LogP contribution < -0.4 is 4.84 Å². The van der Waals surface area contributed by atoms with Gasteiger partial charge in [-0.05, 0) is 81.1 Å². The molecule has 0 radical (unpaired) electrons. The van der Waals surface area contributed by atoms with Gasteiger partial charge in [-0.3, -0.25) is 0 Å². The molecule has 5 nitrogen and oxygen atoms in total. The Morgan fingerprint density at radius 3 is 2.48 bits per heavy atom. The lowest BCUT2D eigenvalue weighted by molar-refractivity contribution is 0.0696. The summed E-state index contributed by atoms with van der Waals surface area (Å²) in [5.41, 5.74) is 0.910. The smallest absolute Gasteiger partial charge is 0.335 e. The fraction of sp³-hybridized carbons (Fsp3) is 0. The number of rotatable bonds is 4. The summed E-state index contributed by atoms with van der Waals surface area (Å²) in [6.07, 6.45) is 1.50. The van der Waals surface area contributed by atoms with Gasteiger partial charge in [0.05, 0.1) is 18.9 Å². The van der Waals surface area contributed by atoms with Crippen molar-refractivity contribution in [3.63, 3.8) is 0 Å². The van der Waals surface area contributed by atoms with Crippen molar-refractivity contribution in [1.82, 2.24) is 0 Å². The third-order valence-electron chi connectivity index (χ3n) is 2.48. The minimum atomic E-state index is -1.02. The van der Waals surface area contributed by atoms with E-state index in [-0.39, 0.29) is 11.3 Å². The molecule has 0 saturated carbocycles. The number of oxime groups is 1. The molecule has 0 saturated heterocycles. The average molecular weight is 509 g/mol. The molecule has 0 spiro atoms. The molecular formula is C14H9I2NO4. The van der Waals surface area contributed by atoms with E-state index in [1.165, 1.54) is 18.3 Å². The van der Waals surface area contributed by atoms with Gasteiger partial charge in [0.1, 0.15) is 5.75 Å². The molecule has 0 amide bonds. The SMILES string of the molecule is O=C(O)c1cccc(O/N=C/c2cc(I)c(O)c(I)c2)c1. The summed E-state index contributed by atoms with van der Waals surface area (Å²) in [6, 6.07) is 9.60. The topological polar surface area (TPSA) is 79.1 Å². The Bertz CT molecular complexity index is 693. The summed E-state index contributed by atoms with van der Waals surface area (Å²) in [4.78, 5) is 16.0. The van der Waals surface area contributed by atoms with Crippen LogP contribution in [0.15, 0.2) is 41.6 Å². The van der Waals surface area contributed by atoms with Crippen molar-refractivity contribution >= 4 is 57.4 Å². The fourth-order valence-corrected chi connectivity index (χ4v) is 3.31. The molecular weight excluding hydrogens is 500 g/mol. The number of hydrogen-bond donors (Lipinski definition) is 2. The Morgan fingerprint density at radius 1 is 1.19 bits per heavy atom. The molecule has 21 heavy (non-hydrogen) atoms. The number of hydrogen-bond acceptors (Lipinski definition) is 4. The van der Waals surface area contributed by atoms with Gasteiger partial charge >= 0.3 is 5.97 Å². The van der Waals surface area contributed by atoms with Gasteiger partial charge in [0.25, 0.3) is 0 Å². The van der Waals surface area contributed by atoms with Gasteiger partial charge in [0.15, 0.2) is 5.75 Å². The first-order chi connectivity index (χ1) is 9.97. The van der Waals surface area contributed by atoms with Crippen LogP contribution in [0.3, 0.4) is 0 Å². The molecule has 0 aromatic heterocycles. The van der Waals surface area contributed by atoms with E-state index in [2.05, 4.69) is 5.16 Å². The first-order valence-electron chi connectivity index (χ1n) is 5.69. The maximum atomic E-state index is 10.8. The van der Waals surface area contributed by atoms with Gasteiger partial charge in [0.2, 0.25) is 0 Å². The molecule has 2 N–H and O–H groups in total. The number of carboxylic acids is 1. The Hall–Kier alpha value is -1.36. The van der Waals surface area contributed by atoms with E-state index in [4.69, 9.17) is 9.94 Å². The van der Waals surface area contributed by atoms with Crippen molar-refractivity contribution in [1.29, 1.82) is 0 Å². The van der Waals surface area contributed by atoms with Crippen LogP contribution in [-0.2, 0) is 0 Å². The molecule has 0 bridgehead atoms. The number of phenolic OH excluding ortho intramolecular Hbond substituents is 1. The summed E-state index contributed by atoms with van der Waals surface area (Å²) in [6.45, 7) is 0. The lowest BCUT2D eigenvalue weighted by Gasteiger charge is -2.02. The number of benzene rings is 2. The van der Waals surface area contributed by atoms with Crippen LogP contribution in [-0.4, -0.2) is 22.4 Å². The summed E-state index contributed by atoms with van der Waals surface area (Å²) in [5.74, 6) is -0.440. The van der Waals surface area contributed by atoms with E-state index < -0.39 is 5.97 Å². The summed E-state index contributed by atoms with van der Waals surface area (Å²) in [5, 5.41) is 22.4. The molecule has 2 aromatic carbocycles. The molecule has 0 fully saturated rings. The molecule has 7 heteroatoms. The van der Waals surface area contributed by atoms with Crippen molar-refractivity contribution in [2.24, 2.45) is 5.16 Å². The summed E-state index contributed by atoms with van der Waals surface area (Å²) in [7, 11) is 0. The van der Waals surface area contributed by atoms with E-state index in [9.17, 15) is 9.90 Å². The van der Waals surface area contributed by atoms with E-state index in [0.29, 0.717) is 12.9 Å². The van der Waals surface area contributed by atoms with Gasteiger partial charge in [-0.1, -0.05) is 11.2 Å². The Morgan fingerprint density at radius 2 is 1.86 bits per heavy atom. The number of aromatic hydroxyl groups is 1. The predicted octanol–water partition coefficient (Wildman–Crippen LogP) is 3.71. The second-order valence-corrected chi connectivity index (χ2v) is 6.32. The van der Waals surface area contributed by atoms with Crippen LogP contribution in [0.1, 0.15) is 15.9 Å². The number of aromatic carboxylic acids is 1. The van der Waals surface area contributed by atoms with E-state index >= 15 is 0 Å². The van der Waals surface area contributed by atoms with Gasteiger partial charge in [-0.15, -0.1) is 0 Å². The molecule has 2 aromatic rings. The Balaban J connectivity index is 2.12. The minimum absolute atomic E-state index is 0.136. The molecule has 0 aliphatic heterocycles. The highest BCUT2D eigenvalue weighted by molar-refractivity contribution is 14.1. The van der Waals surface area contributed by atoms with Crippen molar-refractivity contribution in [3.8, 4) is 11.5 Å². The zero-order chi connectivity index (χ0) is 15.4. The molecule has 0 aliphatic carbocycles. The molecule has 0 heterocycles. The highest BCUT2D eigenvalue weighted by Gasteiger charge is 2.05. The van der Waals surface area contributed by atoms with Gasteiger partial charge < -0.3 is 15.1 Å². The predicted molar refractivity (Wildman–Crippen MR) is 95.2 cm³/mol. The summed E-state index contributed by atoms with van der Waals surface area (Å²) < 4.78 is 1.43. The van der Waals surface area contributed by atoms with E-state index in [1.54, 1.807) is 24.3 Å². The zero-order valence-corrected chi connectivity index (χ0v) is 14.8. The number of halogens is 2.